The van der Waals surface area contributed by atoms with E-state index in [1.165, 1.54) is 0 Å². The molecule has 0 aromatic heterocycles. The molecule has 8 heavy (non-hydrogen) atoms. The van der Waals surface area contributed by atoms with E-state index in [2.05, 4.69) is 3.32 Å². The zero-order valence-electron chi connectivity index (χ0n) is 3.83. The summed E-state index contributed by atoms with van der Waals surface area (Å²) in [5.74, 6) is 0.594. The quantitative estimate of drug-likeness (QED) is 0.340. The van der Waals surface area contributed by atoms with Crippen molar-refractivity contribution in [2.24, 2.45) is 0 Å². The van der Waals surface area contributed by atoms with Gasteiger partial charge in [0.1, 0.15) is 0 Å². The minimum Gasteiger partial charge on any atom is -1.00 e. The largest absolute Gasteiger partial charge is 1.00 e. The Morgan fingerprint density at radius 2 is 1.62 bits per heavy atom. The molecule has 1 nitrogen and oxygen atoms in total. The zero-order valence-corrected chi connectivity index (χ0v) is 8.42. The molecule has 0 radical (unpaired) electrons. The van der Waals surface area contributed by atoms with Gasteiger partial charge in [0, 0.05) is 0 Å². The minimum atomic E-state index is 0. The molecule has 0 saturated carbocycles. The third-order valence-corrected chi connectivity index (χ3v) is 0.652. The fraction of sp³-hybridized carbons (Fsp3) is 1.00. The molecule has 0 unspecified atom stereocenters. The molecule has 0 aromatic carbocycles. The van der Waals surface area contributed by atoms with Gasteiger partial charge in [-0.25, -0.2) is 0 Å². The third-order valence-electron chi connectivity index (χ3n) is 0.179. The summed E-state index contributed by atoms with van der Waals surface area (Å²) in [7, 11) is 0. The van der Waals surface area contributed by atoms with Crippen LogP contribution in [0.5, 0.6) is 0 Å². The smallest absolute Gasteiger partial charge is 1.00 e. The Bertz CT molecular complexity index is 21.5. The first-order chi connectivity index (χ1) is 2.41. The molecule has 0 rings (SSSR count). The molecule has 0 amide bonds. The van der Waals surface area contributed by atoms with E-state index in [0.717, 1.165) is 0 Å². The second-order valence-corrected chi connectivity index (χ2v) is 1.37. The monoisotopic (exact) mass is 232 g/mol. The van der Waals surface area contributed by atoms with Gasteiger partial charge in [-0.05, 0) is 0 Å². The molecule has 0 fully saturated rings. The van der Waals surface area contributed by atoms with Crippen LogP contribution in [0.1, 0.15) is 0 Å². The molecule has 0 N–H and O–H groups in total. The van der Waals surface area contributed by atoms with Crippen LogP contribution >= 0.6 is 11.6 Å². The minimum absolute atomic E-state index is 0. The standard InChI is InChI=1S/C2H4ClO.3ClH.Ti/c3-1-2-4;;;;/h1-2H2;3*1H;/q-1;;;;+4/p-3. The molecule has 0 aliphatic carbocycles. The van der Waals surface area contributed by atoms with Crippen LogP contribution < -0.4 is 37.2 Å². The Morgan fingerprint density at radius 3 is 1.62 bits per heavy atom. The Kier molecular flexibility index (Phi) is 65.4. The molecular weight excluding hydrogens is 230 g/mol. The first kappa shape index (κ1) is 22.5. The van der Waals surface area contributed by atoms with Crippen LogP contribution in [0.25, 0.3) is 0 Å². The SMILES string of the molecule is ClCC[O][Ti+3].[Cl-].[Cl-].[Cl-]. The van der Waals surface area contributed by atoms with Gasteiger partial charge in [-0.2, -0.15) is 0 Å². The van der Waals surface area contributed by atoms with E-state index in [1.807, 2.05) is 0 Å². The summed E-state index contributed by atoms with van der Waals surface area (Å²) in [4.78, 5) is 0. The summed E-state index contributed by atoms with van der Waals surface area (Å²) in [5, 5.41) is 0. The average molecular weight is 234 g/mol. The third kappa shape index (κ3) is 24.9. The van der Waals surface area contributed by atoms with Crippen molar-refractivity contribution in [3.63, 3.8) is 0 Å². The fourth-order valence-corrected chi connectivity index (χ4v) is 0.477. The molecule has 6 heteroatoms. The molecule has 0 saturated heterocycles. The molecule has 0 aliphatic heterocycles. The van der Waals surface area contributed by atoms with E-state index in [4.69, 9.17) is 11.6 Å². The number of alkyl halides is 1. The van der Waals surface area contributed by atoms with Crippen LogP contribution in [0.2, 0.25) is 0 Å². The second-order valence-electron chi connectivity index (χ2n) is 0.537. The summed E-state index contributed by atoms with van der Waals surface area (Å²) in [6.45, 7) is 0.654. The molecule has 0 spiro atoms. The maximum atomic E-state index is 5.18. The summed E-state index contributed by atoms with van der Waals surface area (Å²) in [6.07, 6.45) is 0. The van der Waals surface area contributed by atoms with E-state index in [-0.39, 0.29) is 37.2 Å². The number of halogens is 4. The molecule has 0 atom stereocenters. The van der Waals surface area contributed by atoms with E-state index in [0.29, 0.717) is 12.5 Å². The van der Waals surface area contributed by atoms with E-state index in [1.54, 1.807) is 20.8 Å². The van der Waals surface area contributed by atoms with Gasteiger partial charge in [-0.1, -0.05) is 0 Å². The van der Waals surface area contributed by atoms with Crippen LogP contribution in [-0.2, 0) is 24.1 Å². The molecule has 0 bridgehead atoms. The van der Waals surface area contributed by atoms with Crippen LogP contribution in [0.4, 0.5) is 0 Å². The van der Waals surface area contributed by atoms with Crippen LogP contribution in [0.3, 0.4) is 0 Å². The Labute approximate surface area is 85.0 Å². The van der Waals surface area contributed by atoms with Gasteiger partial charge in [0.05, 0.1) is 0 Å². The number of rotatable bonds is 2. The number of hydrogen-bond donors (Lipinski definition) is 0. The van der Waals surface area contributed by atoms with Crippen molar-refractivity contribution in [2.75, 3.05) is 12.5 Å². The Balaban J connectivity index is -0.0000000267. The van der Waals surface area contributed by atoms with Gasteiger partial charge in [0.25, 0.3) is 0 Å². The van der Waals surface area contributed by atoms with E-state index in [9.17, 15) is 0 Å². The van der Waals surface area contributed by atoms with Crippen molar-refractivity contribution in [3.8, 4) is 0 Å². The molecular formula is C2H4Cl4OTi. The predicted octanol–water partition coefficient (Wildman–Crippen LogP) is -8.28. The summed E-state index contributed by atoms with van der Waals surface area (Å²) in [6, 6.07) is 0. The van der Waals surface area contributed by atoms with E-state index < -0.39 is 0 Å². The molecule has 0 heterocycles. The summed E-state index contributed by atoms with van der Waals surface area (Å²) < 4.78 is 4.56. The average Bonchev–Trinajstić information content (AvgIpc) is 1.41. The molecule has 0 aromatic rings. The van der Waals surface area contributed by atoms with Gasteiger partial charge < -0.3 is 37.2 Å². The topological polar surface area (TPSA) is 9.23 Å². The number of hydrogen-bond acceptors (Lipinski definition) is 1. The van der Waals surface area contributed by atoms with E-state index >= 15 is 0 Å². The Morgan fingerprint density at radius 1 is 1.25 bits per heavy atom. The van der Waals surface area contributed by atoms with Crippen molar-refractivity contribution >= 4 is 11.6 Å². The van der Waals surface area contributed by atoms with Crippen LogP contribution in [-0.4, -0.2) is 12.5 Å². The maximum Gasteiger partial charge on any atom is -1.00 e. The molecule has 0 aliphatic rings. The first-order valence-electron chi connectivity index (χ1n) is 1.26. The summed E-state index contributed by atoms with van der Waals surface area (Å²) >= 11 is 6.80. The maximum absolute atomic E-state index is 5.18. The van der Waals surface area contributed by atoms with Crippen molar-refractivity contribution in [3.05, 3.63) is 0 Å². The zero-order chi connectivity index (χ0) is 4.12. The fourth-order valence-electron chi connectivity index (χ4n) is 0.0386. The van der Waals surface area contributed by atoms with Crippen LogP contribution in [0.15, 0.2) is 0 Å². The summed E-state index contributed by atoms with van der Waals surface area (Å²) in [5.41, 5.74) is 0. The predicted molar refractivity (Wildman–Crippen MR) is 16.7 cm³/mol. The van der Waals surface area contributed by atoms with Crippen LogP contribution in [0, 0.1) is 0 Å². The van der Waals surface area contributed by atoms with Gasteiger partial charge >= 0.3 is 48.2 Å². The van der Waals surface area contributed by atoms with Crippen molar-refractivity contribution in [1.29, 1.82) is 0 Å². The Hall–Kier alpha value is 1.83. The van der Waals surface area contributed by atoms with Gasteiger partial charge in [0.15, 0.2) is 0 Å². The van der Waals surface area contributed by atoms with Gasteiger partial charge in [-0.3, -0.25) is 0 Å². The van der Waals surface area contributed by atoms with Crippen molar-refractivity contribution in [1.82, 2.24) is 0 Å². The first-order valence-corrected chi connectivity index (χ1v) is 2.43. The van der Waals surface area contributed by atoms with Gasteiger partial charge in [0.2, 0.25) is 0 Å². The van der Waals surface area contributed by atoms with Gasteiger partial charge in [-0.15, -0.1) is 0 Å². The van der Waals surface area contributed by atoms with Crippen molar-refractivity contribution in [2.45, 2.75) is 0 Å². The normalized spacial score (nSPS) is 5.38. The molecule has 50 valence electrons. The van der Waals surface area contributed by atoms with Crippen molar-refractivity contribution < 1.29 is 61.4 Å². The second kappa shape index (κ2) is 23.2.